The molecule has 3 aromatic rings. The lowest BCUT2D eigenvalue weighted by molar-refractivity contribution is -0.121. The fourth-order valence-electron chi connectivity index (χ4n) is 3.21. The molecule has 0 saturated heterocycles. The molecular weight excluding hydrogens is 386 g/mol. The van der Waals surface area contributed by atoms with Crippen molar-refractivity contribution in [2.75, 3.05) is 18.1 Å². The number of amides is 1. The Morgan fingerprint density at radius 2 is 1.93 bits per heavy atom. The molecule has 2 heterocycles. The monoisotopic (exact) mass is 407 g/mol. The molecular formula is C22H21N3O3S. The third kappa shape index (κ3) is 4.35. The third-order valence-electron chi connectivity index (χ3n) is 4.74. The lowest BCUT2D eigenvalue weighted by Crippen LogP contribution is -2.35. The summed E-state index contributed by atoms with van der Waals surface area (Å²) >= 11 is 1.76. The van der Waals surface area contributed by atoms with E-state index >= 15 is 0 Å². The zero-order valence-corrected chi connectivity index (χ0v) is 16.8. The van der Waals surface area contributed by atoms with Gasteiger partial charge in [0.15, 0.2) is 6.61 Å². The van der Waals surface area contributed by atoms with Crippen LogP contribution in [0.4, 0.5) is 5.69 Å². The van der Waals surface area contributed by atoms with E-state index in [1.165, 1.54) is 0 Å². The van der Waals surface area contributed by atoms with E-state index in [2.05, 4.69) is 17.1 Å². The van der Waals surface area contributed by atoms with Crippen LogP contribution >= 0.6 is 11.8 Å². The molecule has 0 saturated carbocycles. The summed E-state index contributed by atoms with van der Waals surface area (Å²) in [4.78, 5) is 27.9. The van der Waals surface area contributed by atoms with Crippen molar-refractivity contribution in [3.63, 3.8) is 0 Å². The number of H-pyrrole nitrogens is 1. The predicted molar refractivity (Wildman–Crippen MR) is 113 cm³/mol. The van der Waals surface area contributed by atoms with Gasteiger partial charge < -0.3 is 9.64 Å². The smallest absolute Gasteiger partial charge is 0.356 e. The number of nitrogens with zero attached hydrogens (tertiary/aromatic N) is 2. The Hall–Kier alpha value is -3.06. The standard InChI is InChI=1S/C22H21N3O3S/c1-15-11-12-25(19-9-5-6-10-20(19)29-15)21(26)14-28-22(27)18-13-17(23-24-18)16-7-3-2-4-8-16/h2-10,13,15H,11-12,14H2,1H3,(H,23,24)/t15-/m1/s1. The van der Waals surface area contributed by atoms with E-state index in [1.807, 2.05) is 54.6 Å². The first-order chi connectivity index (χ1) is 14.1. The van der Waals surface area contributed by atoms with Crippen molar-refractivity contribution in [2.45, 2.75) is 23.5 Å². The highest BCUT2D eigenvalue weighted by Crippen LogP contribution is 2.37. The van der Waals surface area contributed by atoms with Gasteiger partial charge in [-0.1, -0.05) is 49.4 Å². The Morgan fingerprint density at radius 3 is 2.76 bits per heavy atom. The van der Waals surface area contributed by atoms with Crippen LogP contribution in [0.5, 0.6) is 0 Å². The van der Waals surface area contributed by atoms with Crippen LogP contribution in [-0.4, -0.2) is 40.5 Å². The average molecular weight is 407 g/mol. The van der Waals surface area contributed by atoms with Crippen LogP contribution in [0, 0.1) is 0 Å². The molecule has 1 aromatic heterocycles. The van der Waals surface area contributed by atoms with Gasteiger partial charge in [-0.25, -0.2) is 4.79 Å². The molecule has 0 spiro atoms. The van der Waals surface area contributed by atoms with Gasteiger partial charge in [0.25, 0.3) is 5.91 Å². The number of esters is 1. The molecule has 4 rings (SSSR count). The topological polar surface area (TPSA) is 75.3 Å². The quantitative estimate of drug-likeness (QED) is 0.658. The summed E-state index contributed by atoms with van der Waals surface area (Å²) in [5, 5.41) is 7.25. The summed E-state index contributed by atoms with van der Waals surface area (Å²) in [6.45, 7) is 2.44. The molecule has 1 aliphatic rings. The Balaban J connectivity index is 1.42. The second-order valence-electron chi connectivity index (χ2n) is 6.84. The van der Waals surface area contributed by atoms with Crippen molar-refractivity contribution in [1.29, 1.82) is 0 Å². The molecule has 0 aliphatic carbocycles. The first-order valence-electron chi connectivity index (χ1n) is 9.46. The van der Waals surface area contributed by atoms with Crippen molar-refractivity contribution in [2.24, 2.45) is 0 Å². The van der Waals surface area contributed by atoms with Crippen molar-refractivity contribution >= 4 is 29.3 Å². The molecule has 0 unspecified atom stereocenters. The van der Waals surface area contributed by atoms with Crippen LogP contribution < -0.4 is 4.90 Å². The highest BCUT2D eigenvalue weighted by atomic mass is 32.2. The summed E-state index contributed by atoms with van der Waals surface area (Å²) < 4.78 is 5.27. The number of fused-ring (bicyclic) bond motifs is 1. The average Bonchev–Trinajstić information content (AvgIpc) is 3.17. The van der Waals surface area contributed by atoms with Crippen LogP contribution in [0.2, 0.25) is 0 Å². The molecule has 29 heavy (non-hydrogen) atoms. The van der Waals surface area contributed by atoms with Crippen LogP contribution in [0.1, 0.15) is 23.8 Å². The number of hydrogen-bond acceptors (Lipinski definition) is 5. The fourth-order valence-corrected chi connectivity index (χ4v) is 4.32. The molecule has 2 aromatic carbocycles. The van der Waals surface area contributed by atoms with Crippen LogP contribution in [-0.2, 0) is 9.53 Å². The van der Waals surface area contributed by atoms with Gasteiger partial charge in [-0.05, 0) is 24.6 Å². The van der Waals surface area contributed by atoms with Crippen molar-refractivity contribution in [1.82, 2.24) is 10.2 Å². The second kappa shape index (κ2) is 8.53. The number of carbonyl (C=O) groups is 2. The van der Waals surface area contributed by atoms with Crippen LogP contribution in [0.25, 0.3) is 11.3 Å². The Morgan fingerprint density at radius 1 is 1.17 bits per heavy atom. The zero-order chi connectivity index (χ0) is 20.2. The normalized spacial score (nSPS) is 16.0. The number of para-hydroxylation sites is 1. The highest BCUT2D eigenvalue weighted by Gasteiger charge is 2.25. The maximum absolute atomic E-state index is 12.8. The van der Waals surface area contributed by atoms with Gasteiger partial charge in [0, 0.05) is 22.3 Å². The summed E-state index contributed by atoms with van der Waals surface area (Å²) in [6.07, 6.45) is 0.875. The summed E-state index contributed by atoms with van der Waals surface area (Å²) in [5.41, 5.74) is 2.64. The largest absolute Gasteiger partial charge is 0.451 e. The van der Waals surface area contributed by atoms with E-state index in [1.54, 1.807) is 22.7 Å². The van der Waals surface area contributed by atoms with Crippen LogP contribution in [0.15, 0.2) is 65.6 Å². The molecule has 7 heteroatoms. The number of ether oxygens (including phenoxy) is 1. The summed E-state index contributed by atoms with van der Waals surface area (Å²) in [6, 6.07) is 19.0. The summed E-state index contributed by atoms with van der Waals surface area (Å²) in [7, 11) is 0. The van der Waals surface area contributed by atoms with Gasteiger partial charge >= 0.3 is 5.97 Å². The van der Waals surface area contributed by atoms with E-state index < -0.39 is 5.97 Å². The number of carbonyl (C=O) groups excluding carboxylic acids is 2. The minimum absolute atomic E-state index is 0.220. The Kier molecular flexibility index (Phi) is 5.67. The van der Waals surface area contributed by atoms with E-state index in [0.717, 1.165) is 22.6 Å². The molecule has 1 aliphatic heterocycles. The zero-order valence-electron chi connectivity index (χ0n) is 16.0. The number of aromatic amines is 1. The molecule has 1 N–H and O–H groups in total. The van der Waals surface area contributed by atoms with Crippen molar-refractivity contribution < 1.29 is 14.3 Å². The highest BCUT2D eigenvalue weighted by molar-refractivity contribution is 8.00. The van der Waals surface area contributed by atoms with E-state index in [-0.39, 0.29) is 18.2 Å². The van der Waals surface area contributed by atoms with E-state index in [0.29, 0.717) is 17.5 Å². The van der Waals surface area contributed by atoms with Gasteiger partial charge in [-0.15, -0.1) is 11.8 Å². The first-order valence-corrected chi connectivity index (χ1v) is 10.3. The van der Waals surface area contributed by atoms with E-state index in [9.17, 15) is 9.59 Å². The predicted octanol–water partition coefficient (Wildman–Crippen LogP) is 4.15. The lowest BCUT2D eigenvalue weighted by Gasteiger charge is -2.22. The second-order valence-corrected chi connectivity index (χ2v) is 8.32. The minimum atomic E-state index is -0.598. The number of aromatic nitrogens is 2. The number of hydrogen-bond donors (Lipinski definition) is 1. The summed E-state index contributed by atoms with van der Waals surface area (Å²) in [5.74, 6) is -0.831. The molecule has 0 fully saturated rings. The number of nitrogens with one attached hydrogen (secondary N) is 1. The molecule has 6 nitrogen and oxygen atoms in total. The van der Waals surface area contributed by atoms with Crippen molar-refractivity contribution in [3.05, 3.63) is 66.4 Å². The molecule has 148 valence electrons. The van der Waals surface area contributed by atoms with Crippen LogP contribution in [0.3, 0.4) is 0 Å². The van der Waals surface area contributed by atoms with Gasteiger partial charge in [-0.2, -0.15) is 5.10 Å². The first kappa shape index (κ1) is 19.3. The van der Waals surface area contributed by atoms with Gasteiger partial charge in [-0.3, -0.25) is 9.89 Å². The minimum Gasteiger partial charge on any atom is -0.451 e. The number of thioether (sulfide) groups is 1. The van der Waals surface area contributed by atoms with E-state index in [4.69, 9.17) is 4.74 Å². The molecule has 0 radical (unpaired) electrons. The number of rotatable bonds is 4. The lowest BCUT2D eigenvalue weighted by atomic mass is 10.1. The van der Waals surface area contributed by atoms with Gasteiger partial charge in [0.2, 0.25) is 0 Å². The Bertz CT molecular complexity index is 1020. The molecule has 1 amide bonds. The molecule has 1 atom stereocenters. The van der Waals surface area contributed by atoms with Crippen molar-refractivity contribution in [3.8, 4) is 11.3 Å². The number of anilines is 1. The molecule has 0 bridgehead atoms. The van der Waals surface area contributed by atoms with Gasteiger partial charge in [0.1, 0.15) is 5.69 Å². The maximum atomic E-state index is 12.8. The van der Waals surface area contributed by atoms with Gasteiger partial charge in [0.05, 0.1) is 11.4 Å². The fraction of sp³-hybridized carbons (Fsp3) is 0.227. The SMILES string of the molecule is C[C@@H]1CCN(C(=O)COC(=O)c2cc(-c3ccccc3)n[nH]2)c2ccccc2S1. The third-order valence-corrected chi connectivity index (χ3v) is 5.98. The Labute approximate surface area is 173 Å². The number of benzene rings is 2. The maximum Gasteiger partial charge on any atom is 0.356 e.